The summed E-state index contributed by atoms with van der Waals surface area (Å²) in [5.41, 5.74) is 1.81. The highest BCUT2D eigenvalue weighted by Gasteiger charge is 2.17. The van der Waals surface area contributed by atoms with Crippen molar-refractivity contribution in [1.29, 1.82) is 0 Å². The van der Waals surface area contributed by atoms with E-state index in [0.29, 0.717) is 33.1 Å². The molecule has 4 rings (SSSR count). The topological polar surface area (TPSA) is 98.4 Å². The second kappa shape index (κ2) is 6.93. The van der Waals surface area contributed by atoms with Crippen LogP contribution in [0.5, 0.6) is 5.75 Å². The SMILES string of the molecule is COc1cc2c(cc1F)c1cnn(Cc3cccc(NC(=O)O)c3)c(=O)c1n2C. The van der Waals surface area contributed by atoms with Crippen LogP contribution in [0.2, 0.25) is 0 Å². The molecule has 148 valence electrons. The summed E-state index contributed by atoms with van der Waals surface area (Å²) in [5, 5.41) is 16.5. The van der Waals surface area contributed by atoms with Crippen LogP contribution in [0.3, 0.4) is 0 Å². The van der Waals surface area contributed by atoms with Crippen LogP contribution in [-0.4, -0.2) is 32.7 Å². The summed E-state index contributed by atoms with van der Waals surface area (Å²) in [6.45, 7) is 0.156. The van der Waals surface area contributed by atoms with Gasteiger partial charge in [-0.1, -0.05) is 12.1 Å². The van der Waals surface area contributed by atoms with Crippen LogP contribution in [0.25, 0.3) is 21.8 Å². The number of amides is 1. The fraction of sp³-hybridized carbons (Fsp3) is 0.150. The van der Waals surface area contributed by atoms with Crippen molar-refractivity contribution >= 4 is 33.6 Å². The molecule has 0 aliphatic carbocycles. The molecule has 2 aromatic heterocycles. The number of fused-ring (bicyclic) bond motifs is 3. The molecule has 2 heterocycles. The molecule has 0 unspecified atom stereocenters. The normalized spacial score (nSPS) is 11.1. The largest absolute Gasteiger partial charge is 0.494 e. The van der Waals surface area contributed by atoms with E-state index in [9.17, 15) is 14.0 Å². The summed E-state index contributed by atoms with van der Waals surface area (Å²) in [6.07, 6.45) is 0.363. The van der Waals surface area contributed by atoms with Crippen LogP contribution < -0.4 is 15.6 Å². The monoisotopic (exact) mass is 396 g/mol. The van der Waals surface area contributed by atoms with Gasteiger partial charge in [-0.15, -0.1) is 0 Å². The number of aromatic nitrogens is 3. The van der Waals surface area contributed by atoms with Crippen molar-refractivity contribution in [2.75, 3.05) is 12.4 Å². The first-order valence-corrected chi connectivity index (χ1v) is 8.69. The predicted molar refractivity (Wildman–Crippen MR) is 106 cm³/mol. The predicted octanol–water partition coefficient (Wildman–Crippen LogP) is 3.17. The summed E-state index contributed by atoms with van der Waals surface area (Å²) >= 11 is 0. The van der Waals surface area contributed by atoms with Crippen molar-refractivity contribution < 1.29 is 19.0 Å². The van der Waals surface area contributed by atoms with Gasteiger partial charge in [0.1, 0.15) is 5.52 Å². The lowest BCUT2D eigenvalue weighted by molar-refractivity contribution is 0.209. The Bertz CT molecular complexity index is 1330. The molecule has 9 heteroatoms. The number of anilines is 1. The van der Waals surface area contributed by atoms with Crippen LogP contribution in [0.4, 0.5) is 14.9 Å². The van der Waals surface area contributed by atoms with E-state index < -0.39 is 11.9 Å². The van der Waals surface area contributed by atoms with Crippen LogP contribution in [0, 0.1) is 5.82 Å². The number of carbonyl (C=O) groups is 1. The van der Waals surface area contributed by atoms with Gasteiger partial charge in [-0.25, -0.2) is 13.9 Å². The molecule has 1 amide bonds. The molecule has 0 atom stereocenters. The number of carboxylic acid groups (broad SMARTS) is 1. The van der Waals surface area contributed by atoms with Gasteiger partial charge in [0.2, 0.25) is 0 Å². The third-order valence-electron chi connectivity index (χ3n) is 4.79. The minimum Gasteiger partial charge on any atom is -0.494 e. The second-order valence-corrected chi connectivity index (χ2v) is 6.56. The molecule has 0 aliphatic heterocycles. The number of rotatable bonds is 4. The van der Waals surface area contributed by atoms with Gasteiger partial charge >= 0.3 is 6.09 Å². The molecular weight excluding hydrogens is 379 g/mol. The Morgan fingerprint density at radius 1 is 1.28 bits per heavy atom. The zero-order valence-electron chi connectivity index (χ0n) is 15.6. The van der Waals surface area contributed by atoms with Gasteiger partial charge in [-0.2, -0.15) is 5.10 Å². The Hall–Kier alpha value is -3.88. The summed E-state index contributed by atoms with van der Waals surface area (Å²) in [5.74, 6) is -0.418. The standard InChI is InChI=1S/C20H17FN4O4/c1-24-16-8-17(29-2)15(21)7-13(16)14-9-22-25(19(26)18(14)24)10-11-4-3-5-12(6-11)23-20(27)28/h3-9,23H,10H2,1-2H3,(H,27,28). The molecule has 2 aromatic carbocycles. The molecule has 0 bridgehead atoms. The maximum absolute atomic E-state index is 14.2. The summed E-state index contributed by atoms with van der Waals surface area (Å²) in [4.78, 5) is 23.9. The van der Waals surface area contributed by atoms with Crippen molar-refractivity contribution in [3.63, 3.8) is 0 Å². The van der Waals surface area contributed by atoms with Gasteiger partial charge in [0.25, 0.3) is 5.56 Å². The summed E-state index contributed by atoms with van der Waals surface area (Å²) < 4.78 is 22.2. The van der Waals surface area contributed by atoms with Gasteiger partial charge in [-0.05, 0) is 23.8 Å². The first kappa shape index (κ1) is 18.5. The highest BCUT2D eigenvalue weighted by Crippen LogP contribution is 2.31. The van der Waals surface area contributed by atoms with Crippen LogP contribution in [0.15, 0.2) is 47.4 Å². The number of benzene rings is 2. The van der Waals surface area contributed by atoms with Crippen LogP contribution in [-0.2, 0) is 13.6 Å². The molecule has 0 spiro atoms. The number of methoxy groups -OCH3 is 1. The minimum absolute atomic E-state index is 0.0967. The molecular formula is C20H17FN4O4. The lowest BCUT2D eigenvalue weighted by Crippen LogP contribution is -2.24. The number of hydrogen-bond donors (Lipinski definition) is 2. The Kier molecular flexibility index (Phi) is 4.42. The number of nitrogens with one attached hydrogen (secondary N) is 1. The molecule has 29 heavy (non-hydrogen) atoms. The Morgan fingerprint density at radius 2 is 2.07 bits per heavy atom. The molecule has 0 saturated heterocycles. The van der Waals surface area contributed by atoms with Crippen molar-refractivity contribution in [3.8, 4) is 5.75 Å². The lowest BCUT2D eigenvalue weighted by Gasteiger charge is -2.07. The maximum Gasteiger partial charge on any atom is 0.409 e. The van der Waals surface area contributed by atoms with Gasteiger partial charge in [0.05, 0.1) is 25.4 Å². The average Bonchev–Trinajstić information content (AvgIpc) is 2.95. The van der Waals surface area contributed by atoms with E-state index in [1.54, 1.807) is 41.9 Å². The van der Waals surface area contributed by atoms with E-state index in [4.69, 9.17) is 9.84 Å². The Morgan fingerprint density at radius 3 is 2.79 bits per heavy atom. The fourth-order valence-electron chi connectivity index (χ4n) is 3.47. The first-order chi connectivity index (χ1) is 13.9. The van der Waals surface area contributed by atoms with Crippen molar-refractivity contribution in [2.45, 2.75) is 6.54 Å². The third-order valence-corrected chi connectivity index (χ3v) is 4.79. The van der Waals surface area contributed by atoms with E-state index >= 15 is 0 Å². The lowest BCUT2D eigenvalue weighted by atomic mass is 10.2. The number of hydrogen-bond acceptors (Lipinski definition) is 4. The first-order valence-electron chi connectivity index (χ1n) is 8.69. The van der Waals surface area contributed by atoms with E-state index in [0.717, 1.165) is 0 Å². The zero-order valence-corrected chi connectivity index (χ0v) is 15.6. The second-order valence-electron chi connectivity index (χ2n) is 6.56. The summed E-state index contributed by atoms with van der Waals surface area (Å²) in [6, 6.07) is 9.60. The maximum atomic E-state index is 14.2. The van der Waals surface area contributed by atoms with Crippen molar-refractivity contribution in [3.05, 3.63) is 64.3 Å². The van der Waals surface area contributed by atoms with E-state index in [2.05, 4.69) is 10.4 Å². The highest BCUT2D eigenvalue weighted by molar-refractivity contribution is 6.07. The number of ether oxygens (including phenoxy) is 1. The van der Waals surface area contributed by atoms with Gasteiger partial charge in [0, 0.05) is 29.6 Å². The quantitative estimate of drug-likeness (QED) is 0.552. The number of nitrogens with zero attached hydrogens (tertiary/aromatic N) is 3. The van der Waals surface area contributed by atoms with Crippen molar-refractivity contribution in [2.24, 2.45) is 7.05 Å². The van der Waals surface area contributed by atoms with E-state index in [1.807, 2.05) is 0 Å². The molecule has 2 N–H and O–H groups in total. The zero-order chi connectivity index (χ0) is 20.7. The molecule has 4 aromatic rings. The molecule has 0 aliphatic rings. The number of aryl methyl sites for hydroxylation is 1. The third kappa shape index (κ3) is 3.16. The van der Waals surface area contributed by atoms with Crippen LogP contribution >= 0.6 is 0 Å². The average molecular weight is 396 g/mol. The Balaban J connectivity index is 1.82. The number of halogens is 1. The molecule has 0 fully saturated rings. The van der Waals surface area contributed by atoms with Gasteiger partial charge < -0.3 is 14.4 Å². The molecule has 0 radical (unpaired) electrons. The minimum atomic E-state index is -1.17. The van der Waals surface area contributed by atoms with E-state index in [-0.39, 0.29) is 17.9 Å². The van der Waals surface area contributed by atoms with Crippen molar-refractivity contribution in [1.82, 2.24) is 14.3 Å². The summed E-state index contributed by atoms with van der Waals surface area (Å²) in [7, 11) is 3.11. The highest BCUT2D eigenvalue weighted by atomic mass is 19.1. The van der Waals surface area contributed by atoms with Crippen LogP contribution in [0.1, 0.15) is 5.56 Å². The van der Waals surface area contributed by atoms with Gasteiger partial charge in [0.15, 0.2) is 11.6 Å². The Labute approximate surface area is 163 Å². The molecule has 8 nitrogen and oxygen atoms in total. The molecule has 0 saturated carbocycles. The fourth-order valence-corrected chi connectivity index (χ4v) is 3.47. The van der Waals surface area contributed by atoms with E-state index in [1.165, 1.54) is 24.1 Å². The van der Waals surface area contributed by atoms with Gasteiger partial charge in [-0.3, -0.25) is 10.1 Å². The smallest absolute Gasteiger partial charge is 0.409 e.